The zero-order valence-corrected chi connectivity index (χ0v) is 18.4. The number of rotatable bonds is 10. The average molecular weight is 489 g/mol. The molecule has 0 aliphatic carbocycles. The minimum atomic E-state index is -5.50. The van der Waals surface area contributed by atoms with E-state index in [-0.39, 0.29) is 14.4 Å². The van der Waals surface area contributed by atoms with Gasteiger partial charge in [-0.05, 0) is 20.3 Å². The summed E-state index contributed by atoms with van der Waals surface area (Å²) in [4.78, 5) is 0. The van der Waals surface area contributed by atoms with Crippen LogP contribution < -0.4 is 0 Å². The molecule has 0 saturated carbocycles. The van der Waals surface area contributed by atoms with Gasteiger partial charge in [-0.25, -0.2) is 0 Å². The van der Waals surface area contributed by atoms with Gasteiger partial charge in [0.25, 0.3) is 0 Å². The molecule has 31 heavy (non-hydrogen) atoms. The molecule has 11 heteroatoms. The molecule has 0 aliphatic heterocycles. The lowest BCUT2D eigenvalue weighted by Gasteiger charge is -2.33. The summed E-state index contributed by atoms with van der Waals surface area (Å²) >= 11 is 0. The van der Waals surface area contributed by atoms with Crippen molar-refractivity contribution < 1.29 is 44.6 Å². The second-order valence-electron chi connectivity index (χ2n) is 8.28. The average Bonchev–Trinajstić information content (AvgIpc) is 2.51. The van der Waals surface area contributed by atoms with Crippen LogP contribution in [0.2, 0.25) is 12.6 Å². The van der Waals surface area contributed by atoms with Crippen LogP contribution >= 0.6 is 0 Å². The monoisotopic (exact) mass is 488 g/mol. The summed E-state index contributed by atoms with van der Waals surface area (Å²) in [6.45, 7) is 4.24. The summed E-state index contributed by atoms with van der Waals surface area (Å²) in [5, 5.41) is 9.49. The fraction of sp³-hybridized carbons (Fsp3) is 0.800. The predicted octanol–water partition coefficient (Wildman–Crippen LogP) is 8.31. The lowest BCUT2D eigenvalue weighted by atomic mass is 9.85. The van der Waals surface area contributed by atoms with Crippen molar-refractivity contribution >= 4 is 8.07 Å². The highest BCUT2D eigenvalue weighted by atomic mass is 28.3. The summed E-state index contributed by atoms with van der Waals surface area (Å²) in [6.07, 6.45) is -13.8. The van der Waals surface area contributed by atoms with Crippen LogP contribution in [0.5, 0.6) is 0 Å². The lowest BCUT2D eigenvalue weighted by Crippen LogP contribution is -2.47. The number of unbranched alkanes of at least 4 members (excludes halogenated alkanes) is 2. The first-order chi connectivity index (χ1) is 13.2. The molecule has 0 aromatic heterocycles. The van der Waals surface area contributed by atoms with Gasteiger partial charge < -0.3 is 5.11 Å². The normalized spacial score (nSPS) is 18.1. The molecule has 0 amide bonds. The summed E-state index contributed by atoms with van der Waals surface area (Å²) in [7, 11) is -2.74. The van der Waals surface area contributed by atoms with E-state index in [9.17, 15) is 44.6 Å². The summed E-state index contributed by atoms with van der Waals surface area (Å²) in [6, 6.07) is 0.455. The molecule has 1 N–H and O–H groups in total. The molecule has 186 valence electrons. The Labute approximate surface area is 179 Å². The predicted molar refractivity (Wildman–Crippen MR) is 107 cm³/mol. The maximum Gasteiger partial charge on any atom is 0.417 e. The minimum Gasteiger partial charge on any atom is -0.380 e. The fourth-order valence-electron chi connectivity index (χ4n) is 2.61. The molecular formula is C20H33F9OSi. The van der Waals surface area contributed by atoms with Gasteiger partial charge in [-0.3, -0.25) is 0 Å². The van der Waals surface area contributed by atoms with Crippen molar-refractivity contribution in [3.05, 3.63) is 23.6 Å². The van der Waals surface area contributed by atoms with Crippen molar-refractivity contribution in [3.8, 4) is 0 Å². The van der Waals surface area contributed by atoms with Crippen LogP contribution in [-0.2, 0) is 0 Å². The van der Waals surface area contributed by atoms with Crippen LogP contribution in [0.1, 0.15) is 60.3 Å². The zero-order chi connectivity index (χ0) is 24.1. The molecule has 1 nitrogen and oxygen atoms in total. The maximum absolute atomic E-state index is 13.0. The van der Waals surface area contributed by atoms with Crippen molar-refractivity contribution in [1.29, 1.82) is 0 Å². The Morgan fingerprint density at radius 2 is 1.16 bits per heavy atom. The Hall–Kier alpha value is -0.973. The van der Waals surface area contributed by atoms with Gasteiger partial charge in [-0.15, -0.1) is 0 Å². The summed E-state index contributed by atoms with van der Waals surface area (Å²) < 4.78 is 116. The number of hydrogen-bond acceptors (Lipinski definition) is 1. The third-order valence-electron chi connectivity index (χ3n) is 5.22. The van der Waals surface area contributed by atoms with E-state index in [0.717, 1.165) is 25.0 Å². The zero-order valence-electron chi connectivity index (χ0n) is 17.4. The third kappa shape index (κ3) is 9.19. The van der Waals surface area contributed by atoms with E-state index in [0.29, 0.717) is 19.4 Å². The first kappa shape index (κ1) is 32.2. The second-order valence-corrected chi connectivity index (χ2v) is 12.5. The van der Waals surface area contributed by atoms with E-state index < -0.39 is 50.5 Å². The molecule has 2 unspecified atom stereocenters. The first-order valence-corrected chi connectivity index (χ1v) is 12.4. The fourth-order valence-corrected chi connectivity index (χ4v) is 5.38. The largest absolute Gasteiger partial charge is 0.417 e. The van der Waals surface area contributed by atoms with Crippen molar-refractivity contribution in [2.45, 2.75) is 97.0 Å². The van der Waals surface area contributed by atoms with Crippen LogP contribution in [0.3, 0.4) is 0 Å². The number of aliphatic hydroxyl groups is 1. The van der Waals surface area contributed by atoms with Gasteiger partial charge in [0, 0.05) is 6.42 Å². The number of allylic oxidation sites excluding steroid dienone is 1. The van der Waals surface area contributed by atoms with Gasteiger partial charge in [-0.1, -0.05) is 69.8 Å². The molecule has 0 spiro atoms. The minimum absolute atomic E-state index is 0. The third-order valence-corrected chi connectivity index (χ3v) is 8.64. The summed E-state index contributed by atoms with van der Waals surface area (Å²) in [5.74, 6) is 0. The van der Waals surface area contributed by atoms with Gasteiger partial charge in [0.2, 0.25) is 0 Å². The molecule has 0 saturated heterocycles. The van der Waals surface area contributed by atoms with E-state index >= 15 is 0 Å². The molecule has 0 bridgehead atoms. The Bertz CT molecular complexity index is 575. The van der Waals surface area contributed by atoms with Crippen LogP contribution in [0.25, 0.3) is 0 Å². The van der Waals surface area contributed by atoms with E-state index in [1.54, 1.807) is 6.55 Å². The van der Waals surface area contributed by atoms with E-state index in [2.05, 4.69) is 0 Å². The second kappa shape index (κ2) is 11.2. The lowest BCUT2D eigenvalue weighted by molar-refractivity contribution is -0.333. The van der Waals surface area contributed by atoms with Crippen molar-refractivity contribution in [3.63, 3.8) is 0 Å². The Morgan fingerprint density at radius 3 is 1.52 bits per heavy atom. The summed E-state index contributed by atoms with van der Waals surface area (Å²) in [5.41, 5.74) is -4.16. The van der Waals surface area contributed by atoms with Gasteiger partial charge in [0.05, 0.1) is 8.07 Å². The Kier molecular flexibility index (Phi) is 11.7. The number of alkyl halides is 9. The van der Waals surface area contributed by atoms with Crippen LogP contribution in [0.15, 0.2) is 23.6 Å². The maximum atomic E-state index is 13.0. The molecular weight excluding hydrogens is 455 g/mol. The molecule has 0 rings (SSSR count). The quantitative estimate of drug-likeness (QED) is 0.186. The Morgan fingerprint density at radius 1 is 0.742 bits per heavy atom. The van der Waals surface area contributed by atoms with Gasteiger partial charge >= 0.3 is 18.5 Å². The van der Waals surface area contributed by atoms with Crippen LogP contribution in [-0.4, -0.2) is 37.3 Å². The van der Waals surface area contributed by atoms with Gasteiger partial charge in [0.15, 0.2) is 11.0 Å². The van der Waals surface area contributed by atoms with Crippen LogP contribution in [0.4, 0.5) is 39.5 Å². The van der Waals surface area contributed by atoms with E-state index in [1.165, 1.54) is 11.4 Å². The standard InChI is InChI=1S/C19H29F9OSi.CH4/c1-5-6-7-12-30(4,14-9-11-16(3,29)19(26,27)28)13-8-10-15(2,17(20,21)22)18(23,24)25;/h8-9,13-14,29H,5-7,10-12H2,1-4H3;1H4/b13-8+,14-9+;. The molecule has 0 fully saturated rings. The number of halogens is 9. The SMILES string of the molecule is C.CCCCC[Si](C)(/C=C/CC(C)(O)C(F)(F)F)/C=C/CC(C)(C(F)(F)F)C(F)(F)F. The smallest absolute Gasteiger partial charge is 0.380 e. The highest BCUT2D eigenvalue weighted by molar-refractivity contribution is 6.87. The topological polar surface area (TPSA) is 20.2 Å². The van der Waals surface area contributed by atoms with Gasteiger partial charge in [-0.2, -0.15) is 39.5 Å². The van der Waals surface area contributed by atoms with Crippen LogP contribution in [0, 0.1) is 5.41 Å². The molecule has 0 radical (unpaired) electrons. The van der Waals surface area contributed by atoms with Gasteiger partial charge in [0.1, 0.15) is 0 Å². The molecule has 0 aromatic rings. The molecule has 0 aromatic carbocycles. The highest BCUT2D eigenvalue weighted by Crippen LogP contribution is 2.52. The van der Waals surface area contributed by atoms with Crippen molar-refractivity contribution in [1.82, 2.24) is 0 Å². The number of hydrogen-bond donors (Lipinski definition) is 1. The molecule has 2 atom stereocenters. The molecule has 0 aliphatic rings. The van der Waals surface area contributed by atoms with E-state index in [1.807, 2.05) is 6.92 Å². The van der Waals surface area contributed by atoms with Crippen molar-refractivity contribution in [2.24, 2.45) is 5.41 Å². The van der Waals surface area contributed by atoms with Crippen molar-refractivity contribution in [2.75, 3.05) is 0 Å². The first-order valence-electron chi connectivity index (χ1n) is 9.50. The molecule has 0 heterocycles. The highest BCUT2D eigenvalue weighted by Gasteiger charge is 2.66. The Balaban J connectivity index is 0. The van der Waals surface area contributed by atoms with E-state index in [4.69, 9.17) is 0 Å².